The summed E-state index contributed by atoms with van der Waals surface area (Å²) < 4.78 is 25.2. The summed E-state index contributed by atoms with van der Waals surface area (Å²) in [6, 6.07) is 8.33. The van der Waals surface area contributed by atoms with Gasteiger partial charge < -0.3 is 20.1 Å². The zero-order valence-electron chi connectivity index (χ0n) is 20.5. The number of ether oxygens (including phenoxy) is 2. The summed E-state index contributed by atoms with van der Waals surface area (Å²) >= 11 is 5.94. The van der Waals surface area contributed by atoms with Crippen LogP contribution in [0, 0.1) is 5.82 Å². The number of nitrogens with one attached hydrogen (secondary N) is 2. The lowest BCUT2D eigenvalue weighted by Crippen LogP contribution is -2.32. The minimum atomic E-state index is -0.502. The van der Waals surface area contributed by atoms with Crippen LogP contribution < -0.4 is 15.4 Å². The highest BCUT2D eigenvalue weighted by Crippen LogP contribution is 2.36. The number of benzene rings is 2. The van der Waals surface area contributed by atoms with Gasteiger partial charge in [-0.25, -0.2) is 14.4 Å². The lowest BCUT2D eigenvalue weighted by atomic mass is 9.96. The van der Waals surface area contributed by atoms with Gasteiger partial charge in [-0.2, -0.15) is 0 Å². The Kier molecular flexibility index (Phi) is 7.83. The topological polar surface area (TPSA) is 88.6 Å². The van der Waals surface area contributed by atoms with E-state index in [1.54, 1.807) is 12.1 Å². The van der Waals surface area contributed by atoms with E-state index in [-0.39, 0.29) is 17.0 Å². The van der Waals surface area contributed by atoms with E-state index >= 15 is 0 Å². The van der Waals surface area contributed by atoms with Gasteiger partial charge in [-0.05, 0) is 57.0 Å². The maximum absolute atomic E-state index is 13.6. The van der Waals surface area contributed by atoms with Crippen molar-refractivity contribution in [3.8, 4) is 5.75 Å². The fourth-order valence-corrected chi connectivity index (χ4v) is 4.46. The number of aromatic nitrogens is 2. The summed E-state index contributed by atoms with van der Waals surface area (Å²) in [6.07, 6.45) is 9.01. The van der Waals surface area contributed by atoms with Crippen molar-refractivity contribution in [2.75, 3.05) is 37.4 Å². The third kappa shape index (κ3) is 6.18. The summed E-state index contributed by atoms with van der Waals surface area (Å²) in [6.45, 7) is 2.14. The zero-order valence-corrected chi connectivity index (χ0v) is 21.3. The van der Waals surface area contributed by atoms with E-state index < -0.39 is 5.82 Å². The smallest absolute Gasteiger partial charge is 0.248 e. The summed E-state index contributed by atoms with van der Waals surface area (Å²) in [5.74, 6) is 0.298. The van der Waals surface area contributed by atoms with Gasteiger partial charge >= 0.3 is 0 Å². The Morgan fingerprint density at radius 1 is 1.27 bits per heavy atom. The molecule has 3 aromatic rings. The van der Waals surface area contributed by atoms with Crippen LogP contribution in [0.2, 0.25) is 5.02 Å². The minimum Gasteiger partial charge on any atom is -0.488 e. The van der Waals surface area contributed by atoms with Crippen LogP contribution in [-0.2, 0) is 9.53 Å². The van der Waals surface area contributed by atoms with Crippen LogP contribution in [0.15, 0.2) is 48.8 Å². The van der Waals surface area contributed by atoms with E-state index in [2.05, 4.69) is 25.5 Å². The normalized spacial score (nSPS) is 17.9. The molecule has 1 saturated heterocycles. The second-order valence-corrected chi connectivity index (χ2v) is 9.77. The number of hydrogen-bond acceptors (Lipinski definition) is 7. The number of nitrogens with zero attached hydrogens (tertiary/aromatic N) is 3. The number of rotatable bonds is 9. The van der Waals surface area contributed by atoms with Crippen molar-refractivity contribution in [1.29, 1.82) is 0 Å². The van der Waals surface area contributed by atoms with Crippen molar-refractivity contribution in [1.82, 2.24) is 14.9 Å². The van der Waals surface area contributed by atoms with E-state index in [1.807, 2.05) is 19.2 Å². The maximum atomic E-state index is 13.6. The predicted octanol–water partition coefficient (Wildman–Crippen LogP) is 5.31. The van der Waals surface area contributed by atoms with Crippen molar-refractivity contribution in [2.24, 2.45) is 0 Å². The molecule has 1 aromatic heterocycles. The Labute approximate surface area is 219 Å². The molecule has 2 aliphatic rings. The lowest BCUT2D eigenvalue weighted by molar-refractivity contribution is -0.111. The first-order valence-corrected chi connectivity index (χ1v) is 12.8. The van der Waals surface area contributed by atoms with Crippen molar-refractivity contribution in [3.05, 3.63) is 59.7 Å². The molecule has 10 heteroatoms. The summed E-state index contributed by atoms with van der Waals surface area (Å²) in [5.41, 5.74) is 1.75. The molecule has 194 valence electrons. The van der Waals surface area contributed by atoms with Gasteiger partial charge in [0.15, 0.2) is 0 Å². The Bertz CT molecular complexity index is 1310. The van der Waals surface area contributed by atoms with Gasteiger partial charge in [-0.15, -0.1) is 0 Å². The van der Waals surface area contributed by atoms with Gasteiger partial charge in [0.25, 0.3) is 0 Å². The first-order chi connectivity index (χ1) is 18.0. The molecule has 1 aliphatic carbocycles. The standard InChI is InChI=1S/C27H29ClFN5O3/c1-34(18-9-11-36-15-18)10-3-6-26(35)33-24-13-20-23(14-25(24)37-19-4-2-5-19)30-16-31-27(20)32-17-7-8-22(29)21(28)12-17/h3,6-8,12-14,16,18-19H,2,4-5,9-11,15H2,1H3,(H,33,35)(H,30,31,32)/t18-/m0/s1. The number of amides is 1. The SMILES string of the molecule is CN(CC=CC(=O)Nc1cc2c(Nc3ccc(F)c(Cl)c3)ncnc2cc1OC1CCC1)[C@H]1CCOC1. The van der Waals surface area contributed by atoms with E-state index in [0.29, 0.717) is 46.4 Å². The Hall–Kier alpha value is -3.27. The lowest BCUT2D eigenvalue weighted by Gasteiger charge is -2.27. The quantitative estimate of drug-likeness (QED) is 0.366. The molecule has 2 fully saturated rings. The molecule has 2 heterocycles. The Morgan fingerprint density at radius 3 is 2.86 bits per heavy atom. The Balaban J connectivity index is 1.38. The number of anilines is 3. The maximum Gasteiger partial charge on any atom is 0.248 e. The highest BCUT2D eigenvalue weighted by Gasteiger charge is 2.22. The molecule has 2 N–H and O–H groups in total. The first-order valence-electron chi connectivity index (χ1n) is 12.4. The average molecular weight is 526 g/mol. The zero-order chi connectivity index (χ0) is 25.8. The van der Waals surface area contributed by atoms with Crippen LogP contribution in [0.3, 0.4) is 0 Å². The number of hydrogen-bond donors (Lipinski definition) is 2. The molecule has 0 unspecified atom stereocenters. The molecule has 1 atom stereocenters. The third-order valence-electron chi connectivity index (χ3n) is 6.71. The van der Waals surface area contributed by atoms with Gasteiger partial charge in [0.05, 0.1) is 28.9 Å². The molecule has 1 amide bonds. The predicted molar refractivity (Wildman–Crippen MR) is 142 cm³/mol. The van der Waals surface area contributed by atoms with Gasteiger partial charge in [-0.1, -0.05) is 17.7 Å². The molecular weight excluding hydrogens is 497 g/mol. The number of likely N-dealkylation sites (N-methyl/N-ethyl adjacent to an activating group) is 1. The largest absolute Gasteiger partial charge is 0.488 e. The fraction of sp³-hybridized carbons (Fsp3) is 0.370. The molecule has 0 spiro atoms. The molecule has 5 rings (SSSR count). The van der Waals surface area contributed by atoms with Crippen LogP contribution in [0.25, 0.3) is 10.9 Å². The summed E-state index contributed by atoms with van der Waals surface area (Å²) in [4.78, 5) is 23.8. The van der Waals surface area contributed by atoms with Gasteiger partial charge in [-0.3, -0.25) is 9.69 Å². The van der Waals surface area contributed by atoms with Crippen molar-refractivity contribution in [2.45, 2.75) is 37.8 Å². The highest BCUT2D eigenvalue weighted by molar-refractivity contribution is 6.31. The van der Waals surface area contributed by atoms with Crippen molar-refractivity contribution < 1.29 is 18.7 Å². The van der Waals surface area contributed by atoms with E-state index in [4.69, 9.17) is 21.1 Å². The molecule has 2 aromatic carbocycles. The molecule has 0 bridgehead atoms. The van der Waals surface area contributed by atoms with E-state index in [9.17, 15) is 9.18 Å². The molecule has 1 aliphatic heterocycles. The van der Waals surface area contributed by atoms with Crippen molar-refractivity contribution >= 4 is 45.6 Å². The minimum absolute atomic E-state index is 0.00499. The number of halogens is 2. The molecule has 8 nitrogen and oxygen atoms in total. The van der Waals surface area contributed by atoms with Crippen molar-refractivity contribution in [3.63, 3.8) is 0 Å². The molecule has 1 saturated carbocycles. The van der Waals surface area contributed by atoms with Gasteiger partial charge in [0.1, 0.15) is 23.7 Å². The number of carbonyl (C=O) groups excluding carboxylic acids is 1. The highest BCUT2D eigenvalue weighted by atomic mass is 35.5. The molecule has 37 heavy (non-hydrogen) atoms. The van der Waals surface area contributed by atoms with Crippen LogP contribution in [0.4, 0.5) is 21.6 Å². The van der Waals surface area contributed by atoms with Crippen LogP contribution >= 0.6 is 11.6 Å². The monoisotopic (exact) mass is 525 g/mol. The average Bonchev–Trinajstić information content (AvgIpc) is 3.39. The fourth-order valence-electron chi connectivity index (χ4n) is 4.28. The van der Waals surface area contributed by atoms with Crippen LogP contribution in [0.5, 0.6) is 5.75 Å². The number of fused-ring (bicyclic) bond motifs is 1. The third-order valence-corrected chi connectivity index (χ3v) is 7.00. The van der Waals surface area contributed by atoms with Gasteiger partial charge in [0.2, 0.25) is 5.91 Å². The molecule has 0 radical (unpaired) electrons. The van der Waals surface area contributed by atoms with Crippen LogP contribution in [-0.4, -0.2) is 59.7 Å². The second kappa shape index (κ2) is 11.4. The second-order valence-electron chi connectivity index (χ2n) is 9.36. The molecular formula is C27H29ClFN5O3. The van der Waals surface area contributed by atoms with Crippen LogP contribution in [0.1, 0.15) is 25.7 Å². The number of carbonyl (C=O) groups is 1. The van der Waals surface area contributed by atoms with Gasteiger partial charge in [0, 0.05) is 42.4 Å². The summed E-state index contributed by atoms with van der Waals surface area (Å²) in [7, 11) is 2.03. The Morgan fingerprint density at radius 2 is 2.14 bits per heavy atom. The van der Waals surface area contributed by atoms with E-state index in [1.165, 1.54) is 24.5 Å². The first kappa shape index (κ1) is 25.4. The van der Waals surface area contributed by atoms with E-state index in [0.717, 1.165) is 38.9 Å². The summed E-state index contributed by atoms with van der Waals surface area (Å²) in [5, 5.41) is 6.80.